The molecule has 2 aliphatic rings. The average Bonchev–Trinajstić information content (AvgIpc) is 3.68. The first kappa shape index (κ1) is 23.9. The molecule has 0 aliphatic carbocycles. The van der Waals surface area contributed by atoms with Crippen molar-refractivity contribution in [3.63, 3.8) is 0 Å². The molecule has 1 fully saturated rings. The number of nitrogens with zero attached hydrogens (tertiary/aromatic N) is 2. The van der Waals surface area contributed by atoms with Crippen LogP contribution in [0.1, 0.15) is 42.1 Å². The number of carbonyl (C=O) groups is 2. The summed E-state index contributed by atoms with van der Waals surface area (Å²) in [7, 11) is 1.52. The van der Waals surface area contributed by atoms with Gasteiger partial charge in [-0.2, -0.15) is 0 Å². The van der Waals surface area contributed by atoms with Crippen molar-refractivity contribution in [3.05, 3.63) is 89.8 Å². The van der Waals surface area contributed by atoms with Gasteiger partial charge in [-0.25, -0.2) is 0 Å². The predicted octanol–water partition coefficient (Wildman–Crippen LogP) is 6.05. The van der Waals surface area contributed by atoms with E-state index < -0.39 is 23.5 Å². The Morgan fingerprint density at radius 2 is 1.76 bits per heavy atom. The molecule has 194 valence electrons. The first-order valence-corrected chi connectivity index (χ1v) is 12.7. The number of rotatable bonds is 6. The summed E-state index contributed by atoms with van der Waals surface area (Å²) in [4.78, 5) is 30.9. The number of para-hydroxylation sites is 1. The Balaban J connectivity index is 1.37. The van der Waals surface area contributed by atoms with Crippen molar-refractivity contribution in [2.24, 2.45) is 5.92 Å². The third kappa shape index (κ3) is 3.93. The maximum Gasteiger partial charge on any atom is 0.294 e. The lowest BCUT2D eigenvalue weighted by Gasteiger charge is -2.32. The maximum absolute atomic E-state index is 13.8. The van der Waals surface area contributed by atoms with Crippen LogP contribution in [0.4, 0.5) is 11.4 Å². The van der Waals surface area contributed by atoms with Crippen molar-refractivity contribution >= 4 is 34.0 Å². The summed E-state index contributed by atoms with van der Waals surface area (Å²) < 4.78 is 16.9. The molecule has 1 unspecified atom stereocenters. The molecule has 4 heterocycles. The van der Waals surface area contributed by atoms with Crippen LogP contribution < -0.4 is 14.5 Å². The molecule has 38 heavy (non-hydrogen) atoms. The van der Waals surface area contributed by atoms with Gasteiger partial charge in [-0.3, -0.25) is 14.5 Å². The Labute approximate surface area is 219 Å². The fourth-order valence-electron chi connectivity index (χ4n) is 5.35. The van der Waals surface area contributed by atoms with Crippen LogP contribution in [0.25, 0.3) is 11.0 Å². The molecule has 2 aliphatic heterocycles. The molecule has 0 bridgehead atoms. The van der Waals surface area contributed by atoms with E-state index in [0.717, 1.165) is 37.5 Å². The van der Waals surface area contributed by atoms with Crippen molar-refractivity contribution in [1.29, 1.82) is 0 Å². The molecular weight excluding hydrogens is 484 g/mol. The molecule has 8 nitrogen and oxygen atoms in total. The van der Waals surface area contributed by atoms with Crippen LogP contribution in [0.5, 0.6) is 5.75 Å². The van der Waals surface area contributed by atoms with Gasteiger partial charge in [0, 0.05) is 29.9 Å². The predicted molar refractivity (Wildman–Crippen MR) is 143 cm³/mol. The van der Waals surface area contributed by atoms with E-state index in [-0.39, 0.29) is 11.3 Å². The minimum absolute atomic E-state index is 0.00747. The normalized spacial score (nSPS) is 18.6. The number of amides is 1. The molecular formula is C30H28N2O6. The van der Waals surface area contributed by atoms with Crippen molar-refractivity contribution in [2.45, 2.75) is 25.8 Å². The molecule has 4 aromatic rings. The number of fused-ring (bicyclic) bond motifs is 1. The standard InChI is InChI=1S/C30H28N2O6/c1-18-12-14-31(15-13-18)20-8-10-21(11-9-20)32-26(22-7-4-16-37-22)25(28(34)30(32)35)27(33)24-17-19-5-3-6-23(36-2)29(19)38-24/h3-11,16-18,26,34H,12-15H2,1-2H3. The van der Waals surface area contributed by atoms with Gasteiger partial charge in [-0.05, 0) is 67.3 Å². The average molecular weight is 513 g/mol. The highest BCUT2D eigenvalue weighted by Crippen LogP contribution is 2.43. The SMILES string of the molecule is COc1cccc2cc(C(=O)C3=C(O)C(=O)N(c4ccc(N5CCC(C)CC5)cc4)C3c3ccco3)oc12. The van der Waals surface area contributed by atoms with Gasteiger partial charge in [0.25, 0.3) is 5.91 Å². The Kier molecular flexibility index (Phi) is 5.94. The van der Waals surface area contributed by atoms with E-state index in [0.29, 0.717) is 28.2 Å². The molecule has 0 saturated carbocycles. The van der Waals surface area contributed by atoms with Gasteiger partial charge in [0.2, 0.25) is 5.78 Å². The molecule has 2 aromatic heterocycles. The number of carbonyl (C=O) groups excluding carboxylic acids is 2. The molecule has 6 rings (SSSR count). The number of aliphatic hydroxyl groups excluding tert-OH is 1. The van der Waals surface area contributed by atoms with Crippen LogP contribution in [-0.2, 0) is 4.79 Å². The summed E-state index contributed by atoms with van der Waals surface area (Å²) >= 11 is 0. The highest BCUT2D eigenvalue weighted by molar-refractivity contribution is 6.20. The number of benzene rings is 2. The minimum Gasteiger partial charge on any atom is -0.503 e. The number of hydrogen-bond acceptors (Lipinski definition) is 7. The number of hydrogen-bond donors (Lipinski definition) is 1. The summed E-state index contributed by atoms with van der Waals surface area (Å²) in [6.45, 7) is 4.25. The van der Waals surface area contributed by atoms with E-state index in [9.17, 15) is 14.7 Å². The van der Waals surface area contributed by atoms with Crippen LogP contribution in [0.2, 0.25) is 0 Å². The molecule has 0 radical (unpaired) electrons. The van der Waals surface area contributed by atoms with E-state index in [1.807, 2.05) is 24.3 Å². The third-order valence-electron chi connectivity index (χ3n) is 7.49. The minimum atomic E-state index is -0.957. The maximum atomic E-state index is 13.8. The van der Waals surface area contributed by atoms with E-state index in [4.69, 9.17) is 13.6 Å². The first-order valence-electron chi connectivity index (χ1n) is 12.7. The summed E-state index contributed by atoms with van der Waals surface area (Å²) in [5.74, 6) is -0.354. The third-order valence-corrected chi connectivity index (χ3v) is 7.49. The van der Waals surface area contributed by atoms with Crippen LogP contribution in [0, 0.1) is 5.92 Å². The van der Waals surface area contributed by atoms with Crippen LogP contribution in [0.15, 0.2) is 87.1 Å². The highest BCUT2D eigenvalue weighted by Gasteiger charge is 2.46. The number of piperidine rings is 1. The zero-order valence-electron chi connectivity index (χ0n) is 21.2. The Bertz CT molecular complexity index is 1520. The number of Topliss-reactive ketones (excluding diaryl/α,β-unsaturated/α-hetero) is 1. The number of aliphatic hydroxyl groups is 1. The largest absolute Gasteiger partial charge is 0.503 e. The van der Waals surface area contributed by atoms with Gasteiger partial charge in [0.05, 0.1) is 18.9 Å². The molecule has 2 aromatic carbocycles. The van der Waals surface area contributed by atoms with Gasteiger partial charge < -0.3 is 23.6 Å². The summed E-state index contributed by atoms with van der Waals surface area (Å²) in [6, 6.07) is 16.9. The van der Waals surface area contributed by atoms with Gasteiger partial charge >= 0.3 is 0 Å². The lowest BCUT2D eigenvalue weighted by Crippen LogP contribution is -2.33. The lowest BCUT2D eigenvalue weighted by atomic mass is 9.98. The fraction of sp³-hybridized carbons (Fsp3) is 0.267. The number of ketones is 1. The van der Waals surface area contributed by atoms with Gasteiger partial charge in [-0.1, -0.05) is 19.1 Å². The zero-order chi connectivity index (χ0) is 26.4. The Hall–Kier alpha value is -4.46. The fourth-order valence-corrected chi connectivity index (χ4v) is 5.35. The number of furan rings is 2. The lowest BCUT2D eigenvalue weighted by molar-refractivity contribution is -0.117. The molecule has 0 spiro atoms. The van der Waals surface area contributed by atoms with Crippen molar-refractivity contribution in [3.8, 4) is 5.75 Å². The molecule has 1 saturated heterocycles. The monoisotopic (exact) mass is 512 g/mol. The van der Waals surface area contributed by atoms with Crippen LogP contribution in [-0.4, -0.2) is 37.0 Å². The van der Waals surface area contributed by atoms with E-state index in [1.165, 1.54) is 18.3 Å². The van der Waals surface area contributed by atoms with Gasteiger partial charge in [0.15, 0.2) is 22.9 Å². The molecule has 1 N–H and O–H groups in total. The van der Waals surface area contributed by atoms with Crippen LogP contribution >= 0.6 is 0 Å². The van der Waals surface area contributed by atoms with Crippen molar-refractivity contribution < 1.29 is 28.3 Å². The van der Waals surface area contributed by atoms with Gasteiger partial charge in [0.1, 0.15) is 11.8 Å². The molecule has 8 heteroatoms. The van der Waals surface area contributed by atoms with E-state index in [2.05, 4.69) is 11.8 Å². The quantitative estimate of drug-likeness (QED) is 0.314. The summed E-state index contributed by atoms with van der Waals surface area (Å²) in [5, 5.41) is 11.7. The second-order valence-corrected chi connectivity index (χ2v) is 9.86. The van der Waals surface area contributed by atoms with Crippen LogP contribution in [0.3, 0.4) is 0 Å². The number of ether oxygens (including phenoxy) is 1. The highest BCUT2D eigenvalue weighted by atomic mass is 16.5. The second kappa shape index (κ2) is 9.45. The number of anilines is 2. The zero-order valence-corrected chi connectivity index (χ0v) is 21.2. The Morgan fingerprint density at radius 3 is 2.45 bits per heavy atom. The van der Waals surface area contributed by atoms with Gasteiger partial charge in [-0.15, -0.1) is 0 Å². The molecule has 1 amide bonds. The summed E-state index contributed by atoms with van der Waals surface area (Å²) in [6.07, 6.45) is 3.76. The first-order chi connectivity index (χ1) is 18.5. The van der Waals surface area contributed by atoms with E-state index in [1.54, 1.807) is 36.4 Å². The number of methoxy groups -OCH3 is 1. The van der Waals surface area contributed by atoms with Crippen molar-refractivity contribution in [1.82, 2.24) is 0 Å². The molecule has 1 atom stereocenters. The smallest absolute Gasteiger partial charge is 0.294 e. The van der Waals surface area contributed by atoms with Crippen molar-refractivity contribution in [2.75, 3.05) is 30.0 Å². The topological polar surface area (TPSA) is 96.4 Å². The van der Waals surface area contributed by atoms with E-state index >= 15 is 0 Å². The summed E-state index contributed by atoms with van der Waals surface area (Å²) in [5.41, 5.74) is 1.94. The second-order valence-electron chi connectivity index (χ2n) is 9.86. The Morgan fingerprint density at radius 1 is 1.03 bits per heavy atom.